The molecule has 1 nitrogen and oxygen atoms in total. The number of hydrogen-bond acceptors (Lipinski definition) is 2. The lowest BCUT2D eigenvalue weighted by Gasteiger charge is -2.12. The second-order valence-corrected chi connectivity index (χ2v) is 5.99. The van der Waals surface area contributed by atoms with E-state index in [1.165, 1.54) is 4.88 Å². The van der Waals surface area contributed by atoms with Crippen molar-refractivity contribution in [1.29, 1.82) is 0 Å². The van der Waals surface area contributed by atoms with Gasteiger partial charge in [0.25, 0.3) is 0 Å². The summed E-state index contributed by atoms with van der Waals surface area (Å²) < 4.78 is 0.825. The molecular weight excluding hydrogens is 273 g/mol. The van der Waals surface area contributed by atoms with Gasteiger partial charge in [-0.1, -0.05) is 41.4 Å². The molecule has 0 bridgehead atoms. The zero-order valence-electron chi connectivity index (χ0n) is 9.41. The first-order valence-corrected chi connectivity index (χ1v) is 6.96. The van der Waals surface area contributed by atoms with Gasteiger partial charge < -0.3 is 5.32 Å². The molecule has 1 N–H and O–H groups in total. The fraction of sp³-hybridized carbons (Fsp3) is 0.231. The highest BCUT2D eigenvalue weighted by molar-refractivity contribution is 7.16. The van der Waals surface area contributed by atoms with Crippen LogP contribution in [0, 0.1) is 0 Å². The predicted octanol–water partition coefficient (Wildman–Crippen LogP) is 4.91. The van der Waals surface area contributed by atoms with Gasteiger partial charge >= 0.3 is 0 Å². The monoisotopic (exact) mass is 285 g/mol. The maximum atomic E-state index is 6.10. The van der Waals surface area contributed by atoms with Gasteiger partial charge in [0.05, 0.1) is 4.34 Å². The normalized spacial score (nSPS) is 12.6. The van der Waals surface area contributed by atoms with Crippen LogP contribution in [0.5, 0.6) is 0 Å². The van der Waals surface area contributed by atoms with Gasteiger partial charge in [0.2, 0.25) is 0 Å². The molecule has 1 heterocycles. The number of halogens is 2. The summed E-state index contributed by atoms with van der Waals surface area (Å²) in [5.74, 6) is 0. The van der Waals surface area contributed by atoms with E-state index in [-0.39, 0.29) is 6.04 Å². The van der Waals surface area contributed by atoms with Gasteiger partial charge in [0.15, 0.2) is 0 Å². The van der Waals surface area contributed by atoms with Gasteiger partial charge in [-0.3, -0.25) is 0 Å². The summed E-state index contributed by atoms with van der Waals surface area (Å²) in [5.41, 5.74) is 1.11. The van der Waals surface area contributed by atoms with E-state index in [2.05, 4.69) is 18.3 Å². The van der Waals surface area contributed by atoms with Crippen LogP contribution >= 0.6 is 34.5 Å². The first-order chi connectivity index (χ1) is 8.16. The van der Waals surface area contributed by atoms with Crippen LogP contribution in [0.2, 0.25) is 9.36 Å². The van der Waals surface area contributed by atoms with Crippen LogP contribution in [0.25, 0.3) is 0 Å². The molecule has 2 aromatic rings. The molecule has 90 valence electrons. The molecule has 1 aromatic heterocycles. The van der Waals surface area contributed by atoms with E-state index in [0.29, 0.717) is 0 Å². The van der Waals surface area contributed by atoms with Crippen molar-refractivity contribution in [2.75, 3.05) is 0 Å². The quantitative estimate of drug-likeness (QED) is 0.842. The van der Waals surface area contributed by atoms with Gasteiger partial charge in [-0.2, -0.15) is 0 Å². The minimum absolute atomic E-state index is 0.281. The van der Waals surface area contributed by atoms with E-state index in [1.807, 2.05) is 30.3 Å². The van der Waals surface area contributed by atoms with E-state index >= 15 is 0 Å². The van der Waals surface area contributed by atoms with Gasteiger partial charge in [0.1, 0.15) is 0 Å². The minimum atomic E-state index is 0.281. The third kappa shape index (κ3) is 3.46. The first-order valence-electron chi connectivity index (χ1n) is 5.39. The Morgan fingerprint density at radius 1 is 1.18 bits per heavy atom. The largest absolute Gasteiger partial charge is 0.305 e. The lowest BCUT2D eigenvalue weighted by molar-refractivity contribution is 0.583. The lowest BCUT2D eigenvalue weighted by Crippen LogP contribution is -2.17. The topological polar surface area (TPSA) is 12.0 Å². The molecule has 0 radical (unpaired) electrons. The number of rotatable bonds is 4. The number of nitrogens with one attached hydrogen (secondary N) is 1. The second-order valence-electron chi connectivity index (χ2n) is 3.84. The van der Waals surface area contributed by atoms with Crippen molar-refractivity contribution in [3.05, 3.63) is 56.2 Å². The zero-order chi connectivity index (χ0) is 12.3. The standard InChI is InChI=1S/C13H13Cl2NS/c1-9(12-6-7-13(15)17-12)16-8-10-4-2-3-5-11(10)14/h2-7,9,16H,8H2,1H3. The molecule has 1 unspecified atom stereocenters. The molecule has 0 aliphatic rings. The Morgan fingerprint density at radius 2 is 1.94 bits per heavy atom. The summed E-state index contributed by atoms with van der Waals surface area (Å²) in [6.07, 6.45) is 0. The summed E-state index contributed by atoms with van der Waals surface area (Å²) in [6, 6.07) is 12.1. The lowest BCUT2D eigenvalue weighted by atomic mass is 10.2. The molecule has 0 aliphatic heterocycles. The van der Waals surface area contributed by atoms with Crippen LogP contribution in [-0.2, 0) is 6.54 Å². The molecule has 0 spiro atoms. The summed E-state index contributed by atoms with van der Waals surface area (Å²) in [4.78, 5) is 1.24. The molecule has 0 amide bonds. The smallest absolute Gasteiger partial charge is 0.0931 e. The number of thiophene rings is 1. The Balaban J connectivity index is 1.97. The predicted molar refractivity (Wildman–Crippen MR) is 76.0 cm³/mol. The molecule has 0 aliphatic carbocycles. The maximum absolute atomic E-state index is 6.10. The molecular formula is C13H13Cl2NS. The number of benzene rings is 1. The van der Waals surface area contributed by atoms with Crippen molar-refractivity contribution in [3.63, 3.8) is 0 Å². The van der Waals surface area contributed by atoms with Crippen molar-refractivity contribution in [1.82, 2.24) is 5.32 Å². The van der Waals surface area contributed by atoms with Crippen molar-refractivity contribution < 1.29 is 0 Å². The minimum Gasteiger partial charge on any atom is -0.305 e. The van der Waals surface area contributed by atoms with E-state index in [0.717, 1.165) is 21.5 Å². The van der Waals surface area contributed by atoms with Crippen LogP contribution < -0.4 is 5.32 Å². The Hall–Kier alpha value is -0.540. The van der Waals surface area contributed by atoms with Crippen LogP contribution in [0.3, 0.4) is 0 Å². The molecule has 0 fully saturated rings. The highest BCUT2D eigenvalue weighted by atomic mass is 35.5. The van der Waals surface area contributed by atoms with E-state index < -0.39 is 0 Å². The zero-order valence-corrected chi connectivity index (χ0v) is 11.7. The summed E-state index contributed by atoms with van der Waals surface area (Å²) in [5, 5.41) is 4.24. The Kier molecular flexibility index (Phi) is 4.46. The fourth-order valence-corrected chi connectivity index (χ4v) is 2.86. The first kappa shape index (κ1) is 12.9. The van der Waals surface area contributed by atoms with Crippen molar-refractivity contribution >= 4 is 34.5 Å². The molecule has 0 saturated carbocycles. The van der Waals surface area contributed by atoms with Crippen LogP contribution in [0.4, 0.5) is 0 Å². The fourth-order valence-electron chi connectivity index (χ4n) is 1.57. The average Bonchev–Trinajstić information content (AvgIpc) is 2.74. The van der Waals surface area contributed by atoms with Crippen LogP contribution in [0.1, 0.15) is 23.4 Å². The number of hydrogen-bond donors (Lipinski definition) is 1. The summed E-state index contributed by atoms with van der Waals surface area (Å²) in [6.45, 7) is 2.88. The van der Waals surface area contributed by atoms with Gasteiger partial charge in [-0.25, -0.2) is 0 Å². The van der Waals surface area contributed by atoms with Gasteiger partial charge in [-0.05, 0) is 30.7 Å². The highest BCUT2D eigenvalue weighted by Crippen LogP contribution is 2.27. The Morgan fingerprint density at radius 3 is 2.59 bits per heavy atom. The third-order valence-electron chi connectivity index (χ3n) is 2.58. The van der Waals surface area contributed by atoms with E-state index in [9.17, 15) is 0 Å². The van der Waals surface area contributed by atoms with E-state index in [4.69, 9.17) is 23.2 Å². The molecule has 4 heteroatoms. The molecule has 1 aromatic carbocycles. The van der Waals surface area contributed by atoms with Crippen LogP contribution in [-0.4, -0.2) is 0 Å². The Bertz CT molecular complexity index is 496. The third-order valence-corrected chi connectivity index (χ3v) is 4.36. The molecule has 2 rings (SSSR count). The SMILES string of the molecule is CC(NCc1ccccc1Cl)c1ccc(Cl)s1. The van der Waals surface area contributed by atoms with Crippen molar-refractivity contribution in [2.45, 2.75) is 19.5 Å². The highest BCUT2D eigenvalue weighted by Gasteiger charge is 2.08. The Labute approximate surface area is 115 Å². The second kappa shape index (κ2) is 5.87. The average molecular weight is 286 g/mol. The van der Waals surface area contributed by atoms with Crippen LogP contribution in [0.15, 0.2) is 36.4 Å². The maximum Gasteiger partial charge on any atom is 0.0931 e. The van der Waals surface area contributed by atoms with Crippen molar-refractivity contribution in [3.8, 4) is 0 Å². The molecule has 1 atom stereocenters. The van der Waals surface area contributed by atoms with Gasteiger partial charge in [-0.15, -0.1) is 11.3 Å². The van der Waals surface area contributed by atoms with Crippen molar-refractivity contribution in [2.24, 2.45) is 0 Å². The molecule has 0 saturated heterocycles. The molecule has 17 heavy (non-hydrogen) atoms. The summed E-state index contributed by atoms with van der Waals surface area (Å²) in [7, 11) is 0. The summed E-state index contributed by atoms with van der Waals surface area (Å²) >= 11 is 13.6. The van der Waals surface area contributed by atoms with Gasteiger partial charge in [0, 0.05) is 22.5 Å². The van der Waals surface area contributed by atoms with E-state index in [1.54, 1.807) is 11.3 Å².